The predicted octanol–water partition coefficient (Wildman–Crippen LogP) is 3.52. The number of benzene rings is 2. The van der Waals surface area contributed by atoms with E-state index in [1.807, 2.05) is 0 Å². The molecule has 0 fully saturated rings. The summed E-state index contributed by atoms with van der Waals surface area (Å²) in [6.07, 6.45) is 0.401. The summed E-state index contributed by atoms with van der Waals surface area (Å²) in [5.74, 6) is -0.511. The molecule has 0 saturated heterocycles. The molecule has 0 aromatic heterocycles. The fourth-order valence-corrected chi connectivity index (χ4v) is 1.92. The molecular formula is C15H15F2N. The number of hydrogen-bond acceptors (Lipinski definition) is 1. The highest BCUT2D eigenvalue weighted by Gasteiger charge is 2.11. The molecular weight excluding hydrogens is 232 g/mol. The molecule has 0 bridgehead atoms. The number of hydrogen-bond donors (Lipinski definition) is 1. The maximum absolute atomic E-state index is 13.5. The van der Waals surface area contributed by atoms with Crippen molar-refractivity contribution in [2.24, 2.45) is 5.73 Å². The van der Waals surface area contributed by atoms with Crippen molar-refractivity contribution in [1.82, 2.24) is 0 Å². The van der Waals surface area contributed by atoms with Gasteiger partial charge in [0.25, 0.3) is 0 Å². The Balaban J connectivity index is 2.19. The van der Waals surface area contributed by atoms with Gasteiger partial charge in [0.2, 0.25) is 0 Å². The average Bonchev–Trinajstić information content (AvgIpc) is 2.35. The number of aryl methyl sites for hydroxylation is 1. The fraction of sp³-hybridized carbons (Fsp3) is 0.200. The van der Waals surface area contributed by atoms with Crippen LogP contribution in [0.2, 0.25) is 0 Å². The van der Waals surface area contributed by atoms with E-state index in [4.69, 9.17) is 5.73 Å². The second-order valence-corrected chi connectivity index (χ2v) is 4.41. The lowest BCUT2D eigenvalue weighted by Crippen LogP contribution is -2.14. The summed E-state index contributed by atoms with van der Waals surface area (Å²) in [5.41, 5.74) is 7.97. The van der Waals surface area contributed by atoms with Gasteiger partial charge < -0.3 is 5.73 Å². The minimum Gasteiger partial charge on any atom is -0.324 e. The molecule has 0 saturated carbocycles. The van der Waals surface area contributed by atoms with Crippen LogP contribution >= 0.6 is 0 Å². The second-order valence-electron chi connectivity index (χ2n) is 4.41. The SMILES string of the molecule is Cc1cc(C(N)Cc2ccccc2F)ccc1F. The van der Waals surface area contributed by atoms with Crippen LogP contribution in [0.15, 0.2) is 42.5 Å². The van der Waals surface area contributed by atoms with Gasteiger partial charge in [0.05, 0.1) is 0 Å². The Morgan fingerprint density at radius 3 is 2.44 bits per heavy atom. The first-order chi connectivity index (χ1) is 8.58. The molecule has 3 heteroatoms. The molecule has 0 radical (unpaired) electrons. The van der Waals surface area contributed by atoms with Gasteiger partial charge in [0.1, 0.15) is 11.6 Å². The molecule has 94 valence electrons. The normalized spacial score (nSPS) is 12.4. The third-order valence-electron chi connectivity index (χ3n) is 3.01. The fourth-order valence-electron chi connectivity index (χ4n) is 1.92. The maximum atomic E-state index is 13.5. The van der Waals surface area contributed by atoms with Crippen molar-refractivity contribution in [3.05, 3.63) is 70.8 Å². The number of nitrogens with two attached hydrogens (primary N) is 1. The van der Waals surface area contributed by atoms with Crippen LogP contribution in [-0.4, -0.2) is 0 Å². The van der Waals surface area contributed by atoms with Crippen molar-refractivity contribution in [2.45, 2.75) is 19.4 Å². The Morgan fingerprint density at radius 1 is 1.06 bits per heavy atom. The summed E-state index contributed by atoms with van der Waals surface area (Å²) < 4.78 is 26.6. The lowest BCUT2D eigenvalue weighted by atomic mass is 9.98. The highest BCUT2D eigenvalue weighted by atomic mass is 19.1. The van der Waals surface area contributed by atoms with Gasteiger partial charge in [-0.05, 0) is 42.2 Å². The van der Waals surface area contributed by atoms with E-state index in [2.05, 4.69) is 0 Å². The summed E-state index contributed by atoms with van der Waals surface area (Å²) in [7, 11) is 0. The van der Waals surface area contributed by atoms with Crippen LogP contribution in [-0.2, 0) is 6.42 Å². The Kier molecular flexibility index (Phi) is 3.72. The summed E-state index contributed by atoms with van der Waals surface area (Å²) in [6.45, 7) is 1.69. The first-order valence-electron chi connectivity index (χ1n) is 5.83. The van der Waals surface area contributed by atoms with Gasteiger partial charge in [-0.3, -0.25) is 0 Å². The molecule has 2 aromatic rings. The topological polar surface area (TPSA) is 26.0 Å². The summed E-state index contributed by atoms with van der Waals surface area (Å²) in [4.78, 5) is 0. The van der Waals surface area contributed by atoms with Crippen molar-refractivity contribution >= 4 is 0 Å². The second kappa shape index (κ2) is 5.27. The van der Waals surface area contributed by atoms with Crippen molar-refractivity contribution in [3.63, 3.8) is 0 Å². The zero-order valence-electron chi connectivity index (χ0n) is 10.2. The van der Waals surface area contributed by atoms with E-state index in [0.717, 1.165) is 5.56 Å². The van der Waals surface area contributed by atoms with Crippen LogP contribution < -0.4 is 5.73 Å². The van der Waals surface area contributed by atoms with Crippen molar-refractivity contribution in [3.8, 4) is 0 Å². The molecule has 18 heavy (non-hydrogen) atoms. The van der Waals surface area contributed by atoms with Gasteiger partial charge in [0.15, 0.2) is 0 Å². The zero-order valence-corrected chi connectivity index (χ0v) is 10.2. The van der Waals surface area contributed by atoms with Crippen LogP contribution in [0.4, 0.5) is 8.78 Å². The molecule has 2 N–H and O–H groups in total. The van der Waals surface area contributed by atoms with Gasteiger partial charge in [-0.1, -0.05) is 30.3 Å². The number of rotatable bonds is 3. The molecule has 2 rings (SSSR count). The van der Waals surface area contributed by atoms with E-state index in [9.17, 15) is 8.78 Å². The molecule has 1 nitrogen and oxygen atoms in total. The van der Waals surface area contributed by atoms with Crippen molar-refractivity contribution in [2.75, 3.05) is 0 Å². The standard InChI is InChI=1S/C15H15F2N/c1-10-8-12(6-7-13(10)16)15(18)9-11-4-2-3-5-14(11)17/h2-8,15H,9,18H2,1H3. The van der Waals surface area contributed by atoms with Gasteiger partial charge in [-0.25, -0.2) is 8.78 Å². The third-order valence-corrected chi connectivity index (χ3v) is 3.01. The Labute approximate surface area is 105 Å². The average molecular weight is 247 g/mol. The Bertz CT molecular complexity index is 552. The van der Waals surface area contributed by atoms with Gasteiger partial charge in [-0.15, -0.1) is 0 Å². The molecule has 0 aliphatic carbocycles. The lowest BCUT2D eigenvalue weighted by Gasteiger charge is -2.13. The third kappa shape index (κ3) is 2.74. The molecule has 0 amide bonds. The predicted molar refractivity (Wildman–Crippen MR) is 68.2 cm³/mol. The van der Waals surface area contributed by atoms with Crippen LogP contribution in [0.25, 0.3) is 0 Å². The van der Waals surface area contributed by atoms with E-state index >= 15 is 0 Å². The van der Waals surface area contributed by atoms with E-state index in [-0.39, 0.29) is 17.7 Å². The van der Waals surface area contributed by atoms with Crippen LogP contribution in [0.5, 0.6) is 0 Å². The van der Waals surface area contributed by atoms with E-state index in [1.165, 1.54) is 12.1 Å². The Hall–Kier alpha value is -1.74. The van der Waals surface area contributed by atoms with Crippen LogP contribution in [0.1, 0.15) is 22.7 Å². The molecule has 1 unspecified atom stereocenters. The molecule has 0 aliphatic heterocycles. The quantitative estimate of drug-likeness (QED) is 0.882. The smallest absolute Gasteiger partial charge is 0.126 e. The van der Waals surface area contributed by atoms with E-state index in [1.54, 1.807) is 37.3 Å². The van der Waals surface area contributed by atoms with Crippen LogP contribution in [0, 0.1) is 18.6 Å². The van der Waals surface area contributed by atoms with E-state index in [0.29, 0.717) is 17.5 Å². The molecule has 2 aromatic carbocycles. The highest BCUT2D eigenvalue weighted by Crippen LogP contribution is 2.20. The summed E-state index contributed by atoms with van der Waals surface area (Å²) in [5, 5.41) is 0. The summed E-state index contributed by atoms with van der Waals surface area (Å²) in [6, 6.07) is 11.0. The van der Waals surface area contributed by atoms with Gasteiger partial charge in [-0.2, -0.15) is 0 Å². The lowest BCUT2D eigenvalue weighted by molar-refractivity contribution is 0.591. The summed E-state index contributed by atoms with van der Waals surface area (Å²) >= 11 is 0. The first kappa shape index (κ1) is 12.7. The molecule has 0 aliphatic rings. The first-order valence-corrected chi connectivity index (χ1v) is 5.83. The molecule has 0 heterocycles. The molecule has 0 spiro atoms. The van der Waals surface area contributed by atoms with Crippen LogP contribution in [0.3, 0.4) is 0 Å². The Morgan fingerprint density at radius 2 is 1.78 bits per heavy atom. The molecule has 1 atom stereocenters. The monoisotopic (exact) mass is 247 g/mol. The largest absolute Gasteiger partial charge is 0.324 e. The van der Waals surface area contributed by atoms with Gasteiger partial charge in [0, 0.05) is 6.04 Å². The van der Waals surface area contributed by atoms with Crippen molar-refractivity contribution < 1.29 is 8.78 Å². The van der Waals surface area contributed by atoms with Gasteiger partial charge >= 0.3 is 0 Å². The maximum Gasteiger partial charge on any atom is 0.126 e. The minimum absolute atomic E-state index is 0.253. The minimum atomic E-state index is -0.332. The highest BCUT2D eigenvalue weighted by molar-refractivity contribution is 5.28. The zero-order chi connectivity index (χ0) is 13.1. The van der Waals surface area contributed by atoms with Crippen molar-refractivity contribution in [1.29, 1.82) is 0 Å². The number of halogens is 2. The van der Waals surface area contributed by atoms with E-state index < -0.39 is 0 Å².